The average molecular weight is 466 g/mol. The molecule has 0 atom stereocenters. The number of ether oxygens (including phenoxy) is 4. The van der Waals surface area contributed by atoms with Crippen molar-refractivity contribution in [1.82, 2.24) is 5.43 Å². The highest BCUT2D eigenvalue weighted by atomic mass is 32.1. The molecule has 0 saturated carbocycles. The van der Waals surface area contributed by atoms with E-state index in [4.69, 9.17) is 31.2 Å². The van der Waals surface area contributed by atoms with Gasteiger partial charge in [0.2, 0.25) is 0 Å². The molecule has 0 aliphatic carbocycles. The molecule has 3 rings (SSSR count). The maximum absolute atomic E-state index is 6.00. The van der Waals surface area contributed by atoms with Gasteiger partial charge in [0, 0.05) is 23.7 Å². The molecule has 0 heterocycles. The van der Waals surface area contributed by atoms with Gasteiger partial charge in [0.1, 0.15) is 11.5 Å². The predicted molar refractivity (Wildman–Crippen MR) is 135 cm³/mol. The minimum absolute atomic E-state index is 0.387. The molecular weight excluding hydrogens is 438 g/mol. The molecule has 0 radical (unpaired) electrons. The van der Waals surface area contributed by atoms with Crippen LogP contribution in [0.25, 0.3) is 0 Å². The normalized spacial score (nSPS) is 10.5. The van der Waals surface area contributed by atoms with Gasteiger partial charge in [-0.25, -0.2) is 0 Å². The van der Waals surface area contributed by atoms with Gasteiger partial charge in [-0.1, -0.05) is 30.3 Å². The SMILES string of the molecule is COc1cccc(OCCCOc2c(/C=N/NC(=S)Nc3ccccc3)cccc2OC)c1. The van der Waals surface area contributed by atoms with Crippen LogP contribution in [0.15, 0.2) is 77.9 Å². The molecule has 3 aromatic rings. The Hall–Kier alpha value is -3.78. The first-order valence-corrected chi connectivity index (χ1v) is 10.8. The summed E-state index contributed by atoms with van der Waals surface area (Å²) in [5.41, 5.74) is 4.45. The number of hydrogen-bond acceptors (Lipinski definition) is 6. The van der Waals surface area contributed by atoms with Gasteiger partial charge < -0.3 is 24.3 Å². The lowest BCUT2D eigenvalue weighted by molar-refractivity contribution is 0.240. The van der Waals surface area contributed by atoms with Crippen LogP contribution in [0.1, 0.15) is 12.0 Å². The first-order valence-electron chi connectivity index (χ1n) is 10.4. The molecular formula is C25H27N3O4S. The van der Waals surface area contributed by atoms with Crippen LogP contribution in [0.3, 0.4) is 0 Å². The standard InChI is InChI=1S/C25H27N3O4S/c1-29-21-12-7-13-22(17-21)31-15-8-16-32-24-19(9-6-14-23(24)30-2)18-26-28-25(33)27-20-10-4-3-5-11-20/h3-7,9-14,17-18H,8,15-16H2,1-2H3,(H2,27,28,33)/b26-18+. The minimum atomic E-state index is 0.387. The van der Waals surface area contributed by atoms with E-state index < -0.39 is 0 Å². The van der Waals surface area contributed by atoms with Gasteiger partial charge in [-0.15, -0.1) is 0 Å². The molecule has 0 saturated heterocycles. The van der Waals surface area contributed by atoms with E-state index in [0.29, 0.717) is 36.2 Å². The first kappa shape index (κ1) is 23.9. The average Bonchev–Trinajstić information content (AvgIpc) is 2.85. The number of thiocarbonyl (C=S) groups is 1. The number of hydrazone groups is 1. The maximum atomic E-state index is 6.00. The smallest absolute Gasteiger partial charge is 0.191 e. The molecule has 0 fully saturated rings. The highest BCUT2D eigenvalue weighted by molar-refractivity contribution is 7.80. The van der Waals surface area contributed by atoms with Gasteiger partial charge in [-0.2, -0.15) is 5.10 Å². The zero-order chi connectivity index (χ0) is 23.3. The highest BCUT2D eigenvalue weighted by Gasteiger charge is 2.09. The van der Waals surface area contributed by atoms with Crippen molar-refractivity contribution in [2.75, 3.05) is 32.8 Å². The van der Waals surface area contributed by atoms with E-state index >= 15 is 0 Å². The fourth-order valence-electron chi connectivity index (χ4n) is 2.90. The Labute approximate surface area is 199 Å². The van der Waals surface area contributed by atoms with Gasteiger partial charge in [-0.05, 0) is 48.6 Å². The molecule has 0 aliphatic heterocycles. The predicted octanol–water partition coefficient (Wildman–Crippen LogP) is 4.87. The minimum Gasteiger partial charge on any atom is -0.497 e. The second-order valence-electron chi connectivity index (χ2n) is 6.80. The van der Waals surface area contributed by atoms with Crippen LogP contribution in [0.5, 0.6) is 23.0 Å². The summed E-state index contributed by atoms with van der Waals surface area (Å²) in [5, 5.41) is 7.67. The van der Waals surface area contributed by atoms with Gasteiger partial charge >= 0.3 is 0 Å². The summed E-state index contributed by atoms with van der Waals surface area (Å²) in [5.74, 6) is 2.74. The third-order valence-electron chi connectivity index (χ3n) is 4.48. The summed E-state index contributed by atoms with van der Waals surface area (Å²) >= 11 is 5.27. The van der Waals surface area contributed by atoms with E-state index in [1.54, 1.807) is 20.4 Å². The Bertz CT molecular complexity index is 1060. The Morgan fingerprint density at radius 3 is 2.42 bits per heavy atom. The van der Waals surface area contributed by atoms with Crippen LogP contribution in [0.2, 0.25) is 0 Å². The van der Waals surface area contributed by atoms with E-state index in [-0.39, 0.29) is 0 Å². The van der Waals surface area contributed by atoms with E-state index in [2.05, 4.69) is 15.8 Å². The summed E-state index contributed by atoms with van der Waals surface area (Å²) in [6.45, 7) is 0.958. The Kier molecular flexibility index (Phi) is 9.35. The molecule has 0 aromatic heterocycles. The summed E-state index contributed by atoms with van der Waals surface area (Å²) in [6.07, 6.45) is 2.33. The van der Waals surface area contributed by atoms with Crippen LogP contribution < -0.4 is 29.7 Å². The first-order chi connectivity index (χ1) is 16.2. The van der Waals surface area contributed by atoms with Crippen molar-refractivity contribution in [1.29, 1.82) is 0 Å². The molecule has 2 N–H and O–H groups in total. The number of methoxy groups -OCH3 is 2. The molecule has 0 aliphatic rings. The van der Waals surface area contributed by atoms with Gasteiger partial charge in [-0.3, -0.25) is 5.43 Å². The van der Waals surface area contributed by atoms with Crippen molar-refractivity contribution in [3.63, 3.8) is 0 Å². The van der Waals surface area contributed by atoms with Crippen LogP contribution in [-0.4, -0.2) is 38.8 Å². The van der Waals surface area contributed by atoms with Gasteiger partial charge in [0.15, 0.2) is 16.6 Å². The zero-order valence-electron chi connectivity index (χ0n) is 18.6. The second-order valence-corrected chi connectivity index (χ2v) is 7.21. The Morgan fingerprint density at radius 1 is 0.879 bits per heavy atom. The Morgan fingerprint density at radius 2 is 1.64 bits per heavy atom. The molecule has 8 heteroatoms. The highest BCUT2D eigenvalue weighted by Crippen LogP contribution is 2.30. The van der Waals surface area contributed by atoms with Crippen molar-refractivity contribution in [2.24, 2.45) is 5.10 Å². The van der Waals surface area contributed by atoms with Crippen LogP contribution in [-0.2, 0) is 0 Å². The second kappa shape index (κ2) is 12.9. The van der Waals surface area contributed by atoms with E-state index in [9.17, 15) is 0 Å². The molecule has 3 aromatic carbocycles. The number of hydrogen-bond donors (Lipinski definition) is 2. The van der Waals surface area contributed by atoms with Crippen molar-refractivity contribution in [2.45, 2.75) is 6.42 Å². The van der Waals surface area contributed by atoms with Crippen molar-refractivity contribution in [3.05, 3.63) is 78.4 Å². The maximum Gasteiger partial charge on any atom is 0.191 e. The molecule has 0 bridgehead atoms. The Balaban J connectivity index is 1.52. The van der Waals surface area contributed by atoms with Crippen molar-refractivity contribution >= 4 is 29.2 Å². The lowest BCUT2D eigenvalue weighted by atomic mass is 10.2. The monoisotopic (exact) mass is 465 g/mol. The summed E-state index contributed by atoms with van der Waals surface area (Å²) in [6, 6.07) is 22.7. The lowest BCUT2D eigenvalue weighted by Crippen LogP contribution is -2.23. The quantitative estimate of drug-likeness (QED) is 0.181. The number of rotatable bonds is 11. The van der Waals surface area contributed by atoms with E-state index in [1.807, 2.05) is 72.8 Å². The van der Waals surface area contributed by atoms with Crippen LogP contribution >= 0.6 is 12.2 Å². The van der Waals surface area contributed by atoms with Crippen molar-refractivity contribution < 1.29 is 18.9 Å². The third-order valence-corrected chi connectivity index (χ3v) is 4.67. The molecule has 0 spiro atoms. The molecule has 0 amide bonds. The van der Waals surface area contributed by atoms with Gasteiger partial charge in [0.25, 0.3) is 0 Å². The number of anilines is 1. The zero-order valence-corrected chi connectivity index (χ0v) is 19.4. The summed E-state index contributed by atoms with van der Waals surface area (Å²) in [4.78, 5) is 0. The number of para-hydroxylation sites is 2. The fraction of sp³-hybridized carbons (Fsp3) is 0.200. The van der Waals surface area contributed by atoms with Crippen LogP contribution in [0, 0.1) is 0 Å². The molecule has 0 unspecified atom stereocenters. The largest absolute Gasteiger partial charge is 0.497 e. The van der Waals surface area contributed by atoms with Gasteiger partial charge in [0.05, 0.1) is 33.6 Å². The summed E-state index contributed by atoms with van der Waals surface area (Å²) < 4.78 is 22.4. The third kappa shape index (κ3) is 7.69. The van der Waals surface area contributed by atoms with Crippen molar-refractivity contribution in [3.8, 4) is 23.0 Å². The summed E-state index contributed by atoms with van der Waals surface area (Å²) in [7, 11) is 3.23. The van der Waals surface area contributed by atoms with E-state index in [0.717, 1.165) is 22.7 Å². The number of nitrogens with one attached hydrogen (secondary N) is 2. The lowest BCUT2D eigenvalue weighted by Gasteiger charge is -2.14. The molecule has 33 heavy (non-hydrogen) atoms. The van der Waals surface area contributed by atoms with Crippen LogP contribution in [0.4, 0.5) is 5.69 Å². The number of benzene rings is 3. The number of nitrogens with zero attached hydrogens (tertiary/aromatic N) is 1. The topological polar surface area (TPSA) is 73.3 Å². The molecule has 172 valence electrons. The van der Waals surface area contributed by atoms with E-state index in [1.165, 1.54) is 0 Å². The molecule has 7 nitrogen and oxygen atoms in total. The fourth-order valence-corrected chi connectivity index (χ4v) is 3.08.